The molecule has 186 valence electrons. The van der Waals surface area contributed by atoms with Crippen molar-refractivity contribution in [2.75, 3.05) is 0 Å². The number of H-pyrrole nitrogens is 1. The molecule has 37 heavy (non-hydrogen) atoms. The maximum absolute atomic E-state index is 13.5. The highest BCUT2D eigenvalue weighted by Crippen LogP contribution is 2.45. The van der Waals surface area contributed by atoms with Gasteiger partial charge in [0.15, 0.2) is 0 Å². The maximum Gasteiger partial charge on any atom is 0.335 e. The van der Waals surface area contributed by atoms with Gasteiger partial charge in [0, 0.05) is 0 Å². The molecule has 4 aromatic rings. The molecule has 0 unspecified atom stereocenters. The lowest BCUT2D eigenvalue weighted by Crippen LogP contribution is -2.17. The number of carboxylic acids is 2. The van der Waals surface area contributed by atoms with Crippen LogP contribution in [0.3, 0.4) is 0 Å². The van der Waals surface area contributed by atoms with Gasteiger partial charge in [-0.1, -0.05) is 34.8 Å². The third-order valence-electron chi connectivity index (χ3n) is 5.64. The van der Waals surface area contributed by atoms with E-state index < -0.39 is 29.3 Å². The second-order valence-electron chi connectivity index (χ2n) is 7.81. The number of carbonyl (C=O) groups excluding carboxylic acids is 2. The highest BCUT2D eigenvalue weighted by Gasteiger charge is 2.34. The van der Waals surface area contributed by atoms with E-state index in [1.165, 1.54) is 18.2 Å². The van der Waals surface area contributed by atoms with E-state index in [9.17, 15) is 29.4 Å². The Hall–Kier alpha value is -4.25. The van der Waals surface area contributed by atoms with Crippen molar-refractivity contribution in [3.63, 3.8) is 0 Å². The lowest BCUT2D eigenvalue weighted by molar-refractivity contribution is 0.0685. The first-order valence-electron chi connectivity index (χ1n) is 10.2. The number of hydrogen-bond acceptors (Lipinski definition) is 6. The molecule has 0 fully saturated rings. The van der Waals surface area contributed by atoms with Crippen LogP contribution in [0.1, 0.15) is 52.8 Å². The highest BCUT2D eigenvalue weighted by molar-refractivity contribution is 6.43. The monoisotopic (exact) mass is 560 g/mol. The van der Waals surface area contributed by atoms with Crippen molar-refractivity contribution in [2.24, 2.45) is 0 Å². The minimum Gasteiger partial charge on any atom is -0.507 e. The summed E-state index contributed by atoms with van der Waals surface area (Å²) in [7, 11) is 0. The Kier molecular flexibility index (Phi) is 5.75. The molecule has 0 atom stereocenters. The smallest absolute Gasteiger partial charge is 0.335 e. The van der Waals surface area contributed by atoms with Gasteiger partial charge in [-0.15, -0.1) is 0 Å². The van der Waals surface area contributed by atoms with Crippen LogP contribution in [0.2, 0.25) is 15.2 Å². The third kappa shape index (κ3) is 3.82. The number of carbonyl (C=O) groups is 4. The summed E-state index contributed by atoms with van der Waals surface area (Å²) in [5.41, 5.74) is -1.17. The van der Waals surface area contributed by atoms with Crippen LogP contribution in [0.5, 0.6) is 17.4 Å². The minimum atomic E-state index is -1.31. The fourth-order valence-electron chi connectivity index (χ4n) is 3.92. The predicted molar refractivity (Wildman–Crippen MR) is 131 cm³/mol. The molecule has 0 amide bonds. The largest absolute Gasteiger partial charge is 0.507 e. The van der Waals surface area contributed by atoms with Crippen LogP contribution in [0.15, 0.2) is 42.5 Å². The van der Waals surface area contributed by atoms with Crippen molar-refractivity contribution in [1.82, 2.24) is 9.55 Å². The number of halogens is 3. The molecule has 0 saturated heterocycles. The van der Waals surface area contributed by atoms with Crippen LogP contribution in [0.25, 0.3) is 5.69 Å². The SMILES string of the molecule is O=C(O)c1ccc(C(=O)c2cc(Cl)c3n2-c2c([nH]c(Cl)c2Cl)C(=O)c2ccc(C(=O)O)cc2O3)c(O)c1. The van der Waals surface area contributed by atoms with Gasteiger partial charge in [0.05, 0.1) is 33.6 Å². The average molecular weight is 562 g/mol. The number of ether oxygens (including phenoxy) is 1. The van der Waals surface area contributed by atoms with Crippen LogP contribution in [-0.2, 0) is 0 Å². The minimum absolute atomic E-state index is 0.0286. The number of fused-ring (bicyclic) bond motifs is 4. The fourth-order valence-corrected chi connectivity index (χ4v) is 4.56. The van der Waals surface area contributed by atoms with E-state index in [1.807, 2.05) is 0 Å². The zero-order chi connectivity index (χ0) is 26.8. The number of aromatic nitrogens is 2. The molecule has 5 rings (SSSR count). The molecule has 1 aliphatic heterocycles. The summed E-state index contributed by atoms with van der Waals surface area (Å²) >= 11 is 19.0. The Morgan fingerprint density at radius 3 is 2.22 bits per heavy atom. The van der Waals surface area contributed by atoms with E-state index in [0.29, 0.717) is 0 Å². The Morgan fingerprint density at radius 1 is 0.919 bits per heavy atom. The summed E-state index contributed by atoms with van der Waals surface area (Å²) < 4.78 is 7.00. The summed E-state index contributed by atoms with van der Waals surface area (Å²) in [5, 5.41) is 28.5. The third-order valence-corrected chi connectivity index (χ3v) is 6.66. The first-order chi connectivity index (χ1) is 17.5. The number of phenols is 1. The number of benzene rings is 2. The molecular formula is C24H11Cl3N2O8. The molecule has 1 aliphatic rings. The van der Waals surface area contributed by atoms with E-state index in [2.05, 4.69) is 4.98 Å². The van der Waals surface area contributed by atoms with Crippen molar-refractivity contribution in [1.29, 1.82) is 0 Å². The average Bonchev–Trinajstić information content (AvgIpc) is 3.32. The molecule has 2 aromatic heterocycles. The topological polar surface area (TPSA) is 159 Å². The lowest BCUT2D eigenvalue weighted by Gasteiger charge is -2.19. The van der Waals surface area contributed by atoms with Gasteiger partial charge in [-0.2, -0.15) is 0 Å². The van der Waals surface area contributed by atoms with Crippen molar-refractivity contribution >= 4 is 58.3 Å². The summed E-state index contributed by atoms with van der Waals surface area (Å²) in [4.78, 5) is 52.4. The first-order valence-corrected chi connectivity index (χ1v) is 11.3. The Labute approximate surface area is 221 Å². The maximum atomic E-state index is 13.5. The molecule has 3 heterocycles. The summed E-state index contributed by atoms with van der Waals surface area (Å²) in [6.07, 6.45) is 0. The van der Waals surface area contributed by atoms with Gasteiger partial charge < -0.3 is 25.0 Å². The van der Waals surface area contributed by atoms with Crippen LogP contribution < -0.4 is 4.74 Å². The molecule has 10 nitrogen and oxygen atoms in total. The number of rotatable bonds is 4. The molecule has 0 aliphatic carbocycles. The van der Waals surface area contributed by atoms with Gasteiger partial charge >= 0.3 is 11.9 Å². The number of phenolic OH excluding ortho intramolecular Hbond substituents is 1. The van der Waals surface area contributed by atoms with Gasteiger partial charge in [0.1, 0.15) is 32.4 Å². The first kappa shape index (κ1) is 24.4. The standard InChI is InChI=1S/C24H11Cl3N2O8/c25-12-7-13(19(31)10-3-1-8(23(33)34)5-14(10)30)29-18-16(26)21(27)28-17(18)20(32)11-4-2-9(24(35)36)6-15(11)37-22(12)29/h1-7,28,30H,(H,33,34)(H,35,36). The number of carboxylic acid groups (broad SMARTS) is 2. The van der Waals surface area contributed by atoms with Crippen molar-refractivity contribution in [3.05, 3.63) is 91.3 Å². The predicted octanol–water partition coefficient (Wildman–Crippen LogP) is 5.44. The number of hydrogen-bond donors (Lipinski definition) is 4. The molecule has 0 radical (unpaired) electrons. The number of aromatic carboxylic acids is 2. The van der Waals surface area contributed by atoms with E-state index >= 15 is 0 Å². The molecule has 2 aromatic carbocycles. The second kappa shape index (κ2) is 8.70. The van der Waals surface area contributed by atoms with Crippen LogP contribution in [0.4, 0.5) is 0 Å². The van der Waals surface area contributed by atoms with Gasteiger partial charge in [-0.3, -0.25) is 14.2 Å². The summed E-state index contributed by atoms with van der Waals surface area (Å²) in [6.45, 7) is 0. The number of nitrogens with zero attached hydrogens (tertiary/aromatic N) is 1. The Bertz CT molecular complexity index is 1700. The zero-order valence-corrected chi connectivity index (χ0v) is 20.3. The second-order valence-corrected chi connectivity index (χ2v) is 8.97. The van der Waals surface area contributed by atoms with Crippen LogP contribution >= 0.6 is 34.8 Å². The zero-order valence-electron chi connectivity index (χ0n) is 18.0. The van der Waals surface area contributed by atoms with E-state index in [4.69, 9.17) is 44.6 Å². The van der Waals surface area contributed by atoms with Crippen molar-refractivity contribution < 1.29 is 39.2 Å². The molecule has 0 spiro atoms. The molecule has 0 saturated carbocycles. The van der Waals surface area contributed by atoms with E-state index in [-0.39, 0.29) is 66.2 Å². The number of nitrogens with one attached hydrogen (secondary N) is 1. The van der Waals surface area contributed by atoms with Gasteiger partial charge in [0.2, 0.25) is 17.4 Å². The normalized spacial score (nSPS) is 12.0. The van der Waals surface area contributed by atoms with Crippen molar-refractivity contribution in [2.45, 2.75) is 0 Å². The molecular weight excluding hydrogens is 551 g/mol. The number of aromatic amines is 1. The van der Waals surface area contributed by atoms with Gasteiger partial charge in [-0.25, -0.2) is 9.59 Å². The fraction of sp³-hybridized carbons (Fsp3) is 0. The number of ketones is 2. The highest BCUT2D eigenvalue weighted by atomic mass is 35.5. The molecule has 0 bridgehead atoms. The van der Waals surface area contributed by atoms with Crippen molar-refractivity contribution in [3.8, 4) is 23.1 Å². The van der Waals surface area contributed by atoms with E-state index in [1.54, 1.807) is 0 Å². The van der Waals surface area contributed by atoms with Crippen LogP contribution in [0, 0.1) is 0 Å². The van der Waals surface area contributed by atoms with Crippen LogP contribution in [-0.4, -0.2) is 48.4 Å². The van der Waals surface area contributed by atoms with Gasteiger partial charge in [0.25, 0.3) is 0 Å². The van der Waals surface area contributed by atoms with E-state index in [0.717, 1.165) is 28.8 Å². The Balaban J connectivity index is 1.79. The molecule has 4 N–H and O–H groups in total. The Morgan fingerprint density at radius 2 is 1.57 bits per heavy atom. The molecule has 13 heteroatoms. The summed E-state index contributed by atoms with van der Waals surface area (Å²) in [5.74, 6) is -5.04. The van der Waals surface area contributed by atoms with Gasteiger partial charge in [-0.05, 0) is 42.5 Å². The summed E-state index contributed by atoms with van der Waals surface area (Å²) in [6, 6.07) is 7.95. The lowest BCUT2D eigenvalue weighted by atomic mass is 10.0. The quantitative estimate of drug-likeness (QED) is 0.211. The number of aromatic hydroxyl groups is 1.